The molecule has 0 unspecified atom stereocenters. The lowest BCUT2D eigenvalue weighted by atomic mass is 10.2. The smallest absolute Gasteiger partial charge is 0.243 e. The van der Waals surface area contributed by atoms with Crippen molar-refractivity contribution in [1.29, 1.82) is 0 Å². The number of hydrogen-bond acceptors (Lipinski definition) is 5. The predicted octanol–water partition coefficient (Wildman–Crippen LogP) is 2.41. The Bertz CT molecular complexity index is 745. The second-order valence-electron chi connectivity index (χ2n) is 5.58. The molecule has 1 aromatic heterocycles. The molecular formula is C18H24N4O3S. The van der Waals surface area contributed by atoms with Crippen LogP contribution < -0.4 is 20.1 Å². The predicted molar refractivity (Wildman–Crippen MR) is 105 cm³/mol. The average molecular weight is 376 g/mol. The molecule has 0 radical (unpaired) electrons. The third-order valence-electron chi connectivity index (χ3n) is 3.53. The Balaban J connectivity index is 2.14. The van der Waals surface area contributed by atoms with Crippen LogP contribution in [0.2, 0.25) is 0 Å². The maximum absolute atomic E-state index is 11.8. The number of benzene rings is 1. The Hall–Kier alpha value is -2.74. The van der Waals surface area contributed by atoms with Crippen LogP contribution in [0.5, 0.6) is 11.5 Å². The van der Waals surface area contributed by atoms with Crippen molar-refractivity contribution < 1.29 is 14.3 Å². The lowest BCUT2D eigenvalue weighted by Gasteiger charge is -2.15. The van der Waals surface area contributed by atoms with Crippen molar-refractivity contribution >= 4 is 28.9 Å². The highest BCUT2D eigenvalue weighted by Gasteiger charge is 2.08. The third kappa shape index (κ3) is 5.66. The van der Waals surface area contributed by atoms with Gasteiger partial charge in [-0.3, -0.25) is 4.79 Å². The molecule has 7 nitrogen and oxygen atoms in total. The van der Waals surface area contributed by atoms with E-state index in [0.717, 1.165) is 5.69 Å². The lowest BCUT2D eigenvalue weighted by Crippen LogP contribution is -2.32. The van der Waals surface area contributed by atoms with Crippen LogP contribution in [0.1, 0.15) is 4.88 Å². The molecule has 1 amide bonds. The van der Waals surface area contributed by atoms with Crippen LogP contribution in [0.3, 0.4) is 0 Å². The Morgan fingerprint density at radius 2 is 1.96 bits per heavy atom. The number of hydrogen-bond donors (Lipinski definition) is 2. The number of anilines is 1. The Morgan fingerprint density at radius 1 is 1.19 bits per heavy atom. The van der Waals surface area contributed by atoms with E-state index in [4.69, 9.17) is 9.47 Å². The van der Waals surface area contributed by atoms with Gasteiger partial charge in [-0.05, 0) is 23.6 Å². The molecule has 2 aromatic rings. The van der Waals surface area contributed by atoms with E-state index in [1.165, 1.54) is 9.78 Å². The first-order chi connectivity index (χ1) is 12.5. The highest BCUT2D eigenvalue weighted by atomic mass is 32.1. The molecule has 0 saturated carbocycles. The zero-order valence-corrected chi connectivity index (χ0v) is 16.2. The first-order valence-electron chi connectivity index (χ1n) is 8.03. The molecule has 0 aliphatic rings. The molecule has 0 aliphatic carbocycles. The van der Waals surface area contributed by atoms with Gasteiger partial charge in [0.15, 0.2) is 17.5 Å². The molecule has 0 atom stereocenters. The highest BCUT2D eigenvalue weighted by Crippen LogP contribution is 2.29. The van der Waals surface area contributed by atoms with Gasteiger partial charge in [0.2, 0.25) is 5.91 Å². The molecule has 26 heavy (non-hydrogen) atoms. The monoisotopic (exact) mass is 376 g/mol. The molecular weight excluding hydrogens is 352 g/mol. The highest BCUT2D eigenvalue weighted by molar-refractivity contribution is 7.09. The van der Waals surface area contributed by atoms with Crippen molar-refractivity contribution in [3.63, 3.8) is 0 Å². The average Bonchev–Trinajstić information content (AvgIpc) is 3.16. The number of nitrogens with zero attached hydrogens (tertiary/aromatic N) is 2. The van der Waals surface area contributed by atoms with Gasteiger partial charge in [0.05, 0.1) is 20.8 Å². The van der Waals surface area contributed by atoms with Gasteiger partial charge in [0.25, 0.3) is 0 Å². The van der Waals surface area contributed by atoms with E-state index in [1.54, 1.807) is 39.7 Å². The molecule has 0 saturated heterocycles. The van der Waals surface area contributed by atoms with E-state index in [1.807, 2.05) is 35.7 Å². The van der Waals surface area contributed by atoms with Crippen LogP contribution in [0, 0.1) is 0 Å². The van der Waals surface area contributed by atoms with E-state index < -0.39 is 0 Å². The summed E-state index contributed by atoms with van der Waals surface area (Å²) in [6.07, 6.45) is 0. The number of ether oxygens (including phenoxy) is 2. The maximum Gasteiger partial charge on any atom is 0.243 e. The fraction of sp³-hybridized carbons (Fsp3) is 0.333. The standard InChI is InChI=1S/C18H24N4O3S/c1-22(2)17(23)12-20-18(19-11-14-6-5-9-26-14)21-13-7-8-15(24-3)16(10-13)25-4/h5-10H,11-12H2,1-4H3,(H2,19,20,21). The number of carbonyl (C=O) groups excluding carboxylic acids is 1. The summed E-state index contributed by atoms with van der Waals surface area (Å²) < 4.78 is 10.6. The van der Waals surface area contributed by atoms with Crippen molar-refractivity contribution in [3.8, 4) is 11.5 Å². The quantitative estimate of drug-likeness (QED) is 0.573. The number of amides is 1. The molecule has 1 aromatic carbocycles. The van der Waals surface area contributed by atoms with E-state index in [9.17, 15) is 4.79 Å². The van der Waals surface area contributed by atoms with E-state index in [0.29, 0.717) is 24.0 Å². The zero-order chi connectivity index (χ0) is 18.9. The van der Waals surface area contributed by atoms with Gasteiger partial charge >= 0.3 is 0 Å². The summed E-state index contributed by atoms with van der Waals surface area (Å²) in [5.74, 6) is 1.70. The van der Waals surface area contributed by atoms with Crippen molar-refractivity contribution in [1.82, 2.24) is 10.2 Å². The van der Waals surface area contributed by atoms with Crippen LogP contribution in [0.4, 0.5) is 5.69 Å². The summed E-state index contributed by atoms with van der Waals surface area (Å²) in [5.41, 5.74) is 0.775. The Morgan fingerprint density at radius 3 is 2.58 bits per heavy atom. The van der Waals surface area contributed by atoms with Crippen LogP contribution in [-0.4, -0.2) is 51.6 Å². The topological polar surface area (TPSA) is 75.2 Å². The zero-order valence-electron chi connectivity index (χ0n) is 15.4. The molecule has 0 aliphatic heterocycles. The minimum absolute atomic E-state index is 0.0556. The normalized spacial score (nSPS) is 11.0. The van der Waals surface area contributed by atoms with Crippen LogP contribution in [0.15, 0.2) is 40.7 Å². The van der Waals surface area contributed by atoms with Gasteiger partial charge in [0.1, 0.15) is 6.54 Å². The number of nitrogens with one attached hydrogen (secondary N) is 2. The van der Waals surface area contributed by atoms with Gasteiger partial charge in [-0.1, -0.05) is 6.07 Å². The second-order valence-corrected chi connectivity index (χ2v) is 6.61. The summed E-state index contributed by atoms with van der Waals surface area (Å²) in [6.45, 7) is 0.674. The summed E-state index contributed by atoms with van der Waals surface area (Å²) in [6, 6.07) is 9.52. The number of carbonyl (C=O) groups is 1. The molecule has 2 rings (SSSR count). The van der Waals surface area contributed by atoms with Crippen LogP contribution >= 0.6 is 11.3 Å². The maximum atomic E-state index is 11.8. The first kappa shape index (κ1) is 19.6. The van der Waals surface area contributed by atoms with Crippen molar-refractivity contribution in [2.24, 2.45) is 4.99 Å². The van der Waals surface area contributed by atoms with Gasteiger partial charge in [-0.15, -0.1) is 11.3 Å². The Labute approximate surface area is 157 Å². The summed E-state index contributed by atoms with van der Waals surface area (Å²) in [5, 5.41) is 8.46. The van der Waals surface area contributed by atoms with Crippen LogP contribution in [-0.2, 0) is 11.3 Å². The SMILES string of the molecule is COc1ccc(NC(=NCC(=O)N(C)C)NCc2cccs2)cc1OC. The number of methoxy groups -OCH3 is 2. The second kappa shape index (κ2) is 9.67. The number of rotatable bonds is 7. The summed E-state index contributed by atoms with van der Waals surface area (Å²) in [4.78, 5) is 18.9. The fourth-order valence-corrected chi connectivity index (χ4v) is 2.71. The molecule has 0 fully saturated rings. The molecule has 0 bridgehead atoms. The van der Waals surface area contributed by atoms with Gasteiger partial charge in [0, 0.05) is 30.7 Å². The molecule has 2 N–H and O–H groups in total. The van der Waals surface area contributed by atoms with Gasteiger partial charge in [-0.25, -0.2) is 4.99 Å². The van der Waals surface area contributed by atoms with Gasteiger partial charge in [-0.2, -0.15) is 0 Å². The van der Waals surface area contributed by atoms with E-state index >= 15 is 0 Å². The van der Waals surface area contributed by atoms with Crippen molar-refractivity contribution in [3.05, 3.63) is 40.6 Å². The molecule has 0 spiro atoms. The minimum Gasteiger partial charge on any atom is -0.493 e. The van der Waals surface area contributed by atoms with Crippen LogP contribution in [0.25, 0.3) is 0 Å². The fourth-order valence-electron chi connectivity index (χ4n) is 2.06. The number of aliphatic imine (C=N–C) groups is 1. The first-order valence-corrected chi connectivity index (χ1v) is 8.91. The minimum atomic E-state index is -0.0745. The summed E-state index contributed by atoms with van der Waals surface area (Å²) in [7, 11) is 6.59. The van der Waals surface area contributed by atoms with Gasteiger partial charge < -0.3 is 25.0 Å². The van der Waals surface area contributed by atoms with Crippen molar-refractivity contribution in [2.45, 2.75) is 6.54 Å². The van der Waals surface area contributed by atoms with E-state index in [-0.39, 0.29) is 12.5 Å². The number of guanidine groups is 1. The Kier molecular flexibility index (Phi) is 7.28. The van der Waals surface area contributed by atoms with Crippen molar-refractivity contribution in [2.75, 3.05) is 40.2 Å². The number of likely N-dealkylation sites (N-methyl/N-ethyl adjacent to an activating group) is 1. The molecule has 8 heteroatoms. The lowest BCUT2D eigenvalue weighted by molar-refractivity contribution is -0.127. The molecule has 1 heterocycles. The number of thiophene rings is 1. The summed E-state index contributed by atoms with van der Waals surface area (Å²) >= 11 is 1.65. The molecule has 140 valence electrons. The largest absolute Gasteiger partial charge is 0.493 e. The van der Waals surface area contributed by atoms with E-state index in [2.05, 4.69) is 15.6 Å². The third-order valence-corrected chi connectivity index (χ3v) is 4.40.